The third-order valence-corrected chi connectivity index (χ3v) is 8.48. The number of nitrogens with zero attached hydrogens (tertiary/aromatic N) is 2. The number of anilines is 1. The second kappa shape index (κ2) is 13.6. The highest BCUT2D eigenvalue weighted by Crippen LogP contribution is 2.28. The van der Waals surface area contributed by atoms with Gasteiger partial charge in [-0.2, -0.15) is 0 Å². The van der Waals surface area contributed by atoms with Crippen molar-refractivity contribution >= 4 is 43.5 Å². The van der Waals surface area contributed by atoms with Gasteiger partial charge in [-0.3, -0.25) is 13.9 Å². The molecule has 1 atom stereocenters. The van der Waals surface area contributed by atoms with E-state index in [1.165, 1.54) is 17.0 Å². The Bertz CT molecular complexity index is 1350. The molecular formula is C29H34BrN3O4S. The topological polar surface area (TPSA) is 86.8 Å². The van der Waals surface area contributed by atoms with Crippen LogP contribution in [0.4, 0.5) is 5.69 Å². The number of hydrogen-bond acceptors (Lipinski definition) is 4. The van der Waals surface area contributed by atoms with Crippen molar-refractivity contribution in [3.8, 4) is 0 Å². The molecule has 0 radical (unpaired) electrons. The smallest absolute Gasteiger partial charge is 0.264 e. The standard InChI is InChI=1S/C29H34BrN3O4S/c1-4-18-31-29(35)22(3)32(20-23-12-11-14-25(30)19-23)28(34)21-33(27-17-10-9-13-24(27)5-2)38(36,37)26-15-7-6-8-16-26/h6-17,19,22H,4-5,18,20-21H2,1-3H3,(H,31,35). The van der Waals surface area contributed by atoms with Crippen molar-refractivity contribution in [3.05, 3.63) is 94.5 Å². The minimum Gasteiger partial charge on any atom is -0.354 e. The summed E-state index contributed by atoms with van der Waals surface area (Å²) in [6, 6.07) is 21.9. The molecule has 7 nitrogen and oxygen atoms in total. The van der Waals surface area contributed by atoms with Gasteiger partial charge in [0.25, 0.3) is 10.0 Å². The van der Waals surface area contributed by atoms with E-state index in [9.17, 15) is 18.0 Å². The maximum absolute atomic E-state index is 13.9. The van der Waals surface area contributed by atoms with Crippen LogP contribution in [0.5, 0.6) is 0 Å². The van der Waals surface area contributed by atoms with E-state index in [0.717, 1.165) is 26.3 Å². The van der Waals surface area contributed by atoms with Gasteiger partial charge in [-0.1, -0.05) is 78.3 Å². The van der Waals surface area contributed by atoms with E-state index in [1.807, 2.05) is 50.2 Å². The highest BCUT2D eigenvalue weighted by molar-refractivity contribution is 9.10. The van der Waals surface area contributed by atoms with Crippen LogP contribution in [0.1, 0.15) is 38.3 Å². The second-order valence-corrected chi connectivity index (χ2v) is 11.7. The minimum atomic E-state index is -4.08. The second-order valence-electron chi connectivity index (χ2n) is 8.93. The SMILES string of the molecule is CCCNC(=O)C(C)N(Cc1cccc(Br)c1)C(=O)CN(c1ccccc1CC)S(=O)(=O)c1ccccc1. The molecule has 38 heavy (non-hydrogen) atoms. The number of aryl methyl sites for hydroxylation is 1. The van der Waals surface area contributed by atoms with Crippen molar-refractivity contribution in [2.24, 2.45) is 0 Å². The van der Waals surface area contributed by atoms with Crippen molar-refractivity contribution in [1.29, 1.82) is 0 Å². The molecule has 1 unspecified atom stereocenters. The van der Waals surface area contributed by atoms with Gasteiger partial charge in [0.05, 0.1) is 10.6 Å². The molecule has 3 aromatic rings. The van der Waals surface area contributed by atoms with E-state index >= 15 is 0 Å². The third-order valence-electron chi connectivity index (χ3n) is 6.21. The van der Waals surface area contributed by atoms with Gasteiger partial charge in [0.1, 0.15) is 12.6 Å². The predicted molar refractivity (Wildman–Crippen MR) is 154 cm³/mol. The maximum Gasteiger partial charge on any atom is 0.264 e. The Kier molecular flexibility index (Phi) is 10.5. The molecule has 9 heteroatoms. The molecule has 2 amide bonds. The van der Waals surface area contributed by atoms with Gasteiger partial charge < -0.3 is 10.2 Å². The fourth-order valence-corrected chi connectivity index (χ4v) is 6.02. The monoisotopic (exact) mass is 599 g/mol. The van der Waals surface area contributed by atoms with Crippen LogP contribution in [-0.4, -0.2) is 44.3 Å². The third kappa shape index (κ3) is 7.23. The molecule has 0 saturated carbocycles. The first kappa shape index (κ1) is 29.4. The lowest BCUT2D eigenvalue weighted by atomic mass is 10.1. The molecule has 0 aliphatic heterocycles. The summed E-state index contributed by atoms with van der Waals surface area (Å²) in [7, 11) is -4.08. The van der Waals surface area contributed by atoms with Gasteiger partial charge >= 0.3 is 0 Å². The summed E-state index contributed by atoms with van der Waals surface area (Å²) in [5, 5.41) is 2.85. The normalized spacial score (nSPS) is 12.0. The maximum atomic E-state index is 13.9. The number of halogens is 1. The number of carbonyl (C=O) groups excluding carboxylic acids is 2. The van der Waals surface area contributed by atoms with Crippen LogP contribution in [0.15, 0.2) is 88.2 Å². The summed E-state index contributed by atoms with van der Waals surface area (Å²) in [6.45, 7) is 5.74. The largest absolute Gasteiger partial charge is 0.354 e. The molecule has 0 aromatic heterocycles. The van der Waals surface area contributed by atoms with Crippen molar-refractivity contribution < 1.29 is 18.0 Å². The number of amides is 2. The van der Waals surface area contributed by atoms with Crippen LogP contribution in [0, 0.1) is 0 Å². The average molecular weight is 601 g/mol. The lowest BCUT2D eigenvalue weighted by Crippen LogP contribution is -2.51. The number of carbonyl (C=O) groups is 2. The molecule has 0 aliphatic rings. The summed E-state index contributed by atoms with van der Waals surface area (Å²) >= 11 is 3.46. The zero-order valence-corrected chi connectivity index (χ0v) is 24.3. The molecule has 3 aromatic carbocycles. The Balaban J connectivity index is 2.04. The number of benzene rings is 3. The Labute approximate surface area is 234 Å². The van der Waals surface area contributed by atoms with Crippen LogP contribution in [0.3, 0.4) is 0 Å². The van der Waals surface area contributed by atoms with Gasteiger partial charge in [-0.25, -0.2) is 8.42 Å². The summed E-state index contributed by atoms with van der Waals surface area (Å²) in [5.74, 6) is -0.767. The molecule has 0 heterocycles. The summed E-state index contributed by atoms with van der Waals surface area (Å²) in [6.07, 6.45) is 1.34. The van der Waals surface area contributed by atoms with Crippen molar-refractivity contribution in [2.45, 2.75) is 51.1 Å². The first-order valence-electron chi connectivity index (χ1n) is 12.7. The molecule has 0 spiro atoms. The van der Waals surface area contributed by atoms with E-state index < -0.39 is 28.5 Å². The lowest BCUT2D eigenvalue weighted by Gasteiger charge is -2.32. The van der Waals surface area contributed by atoms with Crippen LogP contribution < -0.4 is 9.62 Å². The Morgan fingerprint density at radius 2 is 1.63 bits per heavy atom. The van der Waals surface area contributed by atoms with Crippen molar-refractivity contribution in [1.82, 2.24) is 10.2 Å². The van der Waals surface area contributed by atoms with Crippen LogP contribution in [0.25, 0.3) is 0 Å². The fraction of sp³-hybridized carbons (Fsp3) is 0.310. The molecule has 202 valence electrons. The van der Waals surface area contributed by atoms with E-state index in [-0.39, 0.29) is 17.3 Å². The van der Waals surface area contributed by atoms with Crippen LogP contribution in [0.2, 0.25) is 0 Å². The summed E-state index contributed by atoms with van der Waals surface area (Å²) < 4.78 is 29.8. The Hall–Kier alpha value is -3.17. The van der Waals surface area contributed by atoms with Gasteiger partial charge in [0.2, 0.25) is 11.8 Å². The van der Waals surface area contributed by atoms with Crippen molar-refractivity contribution in [2.75, 3.05) is 17.4 Å². The van der Waals surface area contributed by atoms with Crippen molar-refractivity contribution in [3.63, 3.8) is 0 Å². The quantitative estimate of drug-likeness (QED) is 0.312. The zero-order valence-electron chi connectivity index (χ0n) is 21.9. The number of para-hydroxylation sites is 1. The van der Waals surface area contributed by atoms with Crippen LogP contribution in [-0.2, 0) is 32.6 Å². The van der Waals surface area contributed by atoms with Crippen LogP contribution >= 0.6 is 15.9 Å². The Morgan fingerprint density at radius 1 is 0.947 bits per heavy atom. The van der Waals surface area contributed by atoms with E-state index in [4.69, 9.17) is 0 Å². The molecule has 0 saturated heterocycles. The first-order valence-corrected chi connectivity index (χ1v) is 14.9. The van der Waals surface area contributed by atoms with E-state index in [0.29, 0.717) is 18.7 Å². The number of hydrogen-bond donors (Lipinski definition) is 1. The molecule has 3 rings (SSSR count). The van der Waals surface area contributed by atoms with Gasteiger partial charge in [0.15, 0.2) is 0 Å². The molecule has 0 bridgehead atoms. The van der Waals surface area contributed by atoms with Gasteiger partial charge in [-0.05, 0) is 61.2 Å². The number of rotatable bonds is 12. The molecule has 0 aliphatic carbocycles. The Morgan fingerprint density at radius 3 is 2.29 bits per heavy atom. The molecular weight excluding hydrogens is 566 g/mol. The van der Waals surface area contributed by atoms with Gasteiger partial charge in [0, 0.05) is 17.6 Å². The molecule has 1 N–H and O–H groups in total. The van der Waals surface area contributed by atoms with Gasteiger partial charge in [-0.15, -0.1) is 0 Å². The van der Waals surface area contributed by atoms with E-state index in [2.05, 4.69) is 21.2 Å². The minimum absolute atomic E-state index is 0.0889. The lowest BCUT2D eigenvalue weighted by molar-refractivity contribution is -0.139. The molecule has 0 fully saturated rings. The summed E-state index contributed by atoms with van der Waals surface area (Å²) in [4.78, 5) is 28.4. The number of sulfonamides is 1. The highest BCUT2D eigenvalue weighted by Gasteiger charge is 2.33. The number of nitrogens with one attached hydrogen (secondary N) is 1. The summed E-state index contributed by atoms with van der Waals surface area (Å²) in [5.41, 5.74) is 2.05. The van der Waals surface area contributed by atoms with E-state index in [1.54, 1.807) is 37.3 Å². The first-order chi connectivity index (χ1) is 18.2. The zero-order chi connectivity index (χ0) is 27.7. The highest BCUT2D eigenvalue weighted by atomic mass is 79.9. The predicted octanol–water partition coefficient (Wildman–Crippen LogP) is 5.15. The fourth-order valence-electron chi connectivity index (χ4n) is 4.10. The average Bonchev–Trinajstić information content (AvgIpc) is 2.93.